The Labute approximate surface area is 152 Å². The van der Waals surface area contributed by atoms with Crippen LogP contribution in [-0.4, -0.2) is 21.1 Å². The number of rotatable bonds is 4. The topological polar surface area (TPSA) is 32.3 Å². The zero-order valence-corrected chi connectivity index (χ0v) is 16.7. The summed E-state index contributed by atoms with van der Waals surface area (Å²) in [6.45, 7) is 9.18. The van der Waals surface area contributed by atoms with E-state index in [0.717, 1.165) is 6.42 Å². The van der Waals surface area contributed by atoms with Gasteiger partial charge in [0.1, 0.15) is 0 Å². The van der Waals surface area contributed by atoms with E-state index in [0.29, 0.717) is 4.22 Å². The first kappa shape index (κ1) is 22.0. The average molecular weight is 378 g/mol. The predicted molar refractivity (Wildman–Crippen MR) is 83.5 cm³/mol. The summed E-state index contributed by atoms with van der Waals surface area (Å²) in [5.41, 5.74) is 2.93. The van der Waals surface area contributed by atoms with E-state index in [-0.39, 0.29) is 37.0 Å². The number of halogens is 2. The molecule has 0 saturated carbocycles. The average Bonchev–Trinajstić information content (AvgIpc) is 2.79. The summed E-state index contributed by atoms with van der Waals surface area (Å²) in [5, 5.41) is 9.28. The summed E-state index contributed by atoms with van der Waals surface area (Å²) >= 11 is -1.66. The maximum absolute atomic E-state index is 9.28. The van der Waals surface area contributed by atoms with Crippen molar-refractivity contribution < 1.29 is 47.6 Å². The van der Waals surface area contributed by atoms with E-state index < -0.39 is 17.7 Å². The summed E-state index contributed by atoms with van der Waals surface area (Å²) in [6.07, 6.45) is 5.44. The fraction of sp³-hybridized carbons (Fsp3) is 0.471. The van der Waals surface area contributed by atoms with Crippen molar-refractivity contribution in [3.8, 4) is 0 Å². The van der Waals surface area contributed by atoms with Crippen LogP contribution in [0.2, 0.25) is 0 Å². The summed E-state index contributed by atoms with van der Waals surface area (Å²) in [4.78, 5) is 0. The second-order valence-electron chi connectivity index (χ2n) is 6.51. The maximum atomic E-state index is 9.28. The molecule has 1 aromatic rings. The van der Waals surface area contributed by atoms with Crippen molar-refractivity contribution in [3.63, 3.8) is 0 Å². The van der Waals surface area contributed by atoms with Crippen molar-refractivity contribution in [2.45, 2.75) is 43.9 Å². The molecule has 0 fully saturated rings. The fourth-order valence-electron chi connectivity index (χ4n) is 2.66. The van der Waals surface area contributed by atoms with E-state index in [1.807, 2.05) is 0 Å². The minimum absolute atomic E-state index is 0. The van der Waals surface area contributed by atoms with Crippen molar-refractivity contribution in [3.05, 3.63) is 41.5 Å². The van der Waals surface area contributed by atoms with Gasteiger partial charge in [-0.3, -0.25) is 0 Å². The molecular formula is C17H25Cl2NOTi. The molecule has 1 aliphatic carbocycles. The molecule has 5 heteroatoms. The number of benzene rings is 1. The fourth-order valence-corrected chi connectivity index (χ4v) is 7.27. The van der Waals surface area contributed by atoms with Crippen LogP contribution in [0, 0.1) is 0 Å². The van der Waals surface area contributed by atoms with Crippen LogP contribution in [-0.2, 0) is 17.7 Å². The van der Waals surface area contributed by atoms with E-state index in [9.17, 15) is 5.11 Å². The van der Waals surface area contributed by atoms with Crippen LogP contribution in [0.3, 0.4) is 0 Å². The van der Waals surface area contributed by atoms with Gasteiger partial charge >= 0.3 is 128 Å². The maximum Gasteiger partial charge on any atom is -1.00 e. The molecule has 0 saturated heterocycles. The molecule has 2 nitrogen and oxygen atoms in total. The molecule has 0 aliphatic heterocycles. The molecule has 0 heterocycles. The zero-order valence-electron chi connectivity index (χ0n) is 13.7. The quantitative estimate of drug-likeness (QED) is 0.558. The van der Waals surface area contributed by atoms with E-state index in [4.69, 9.17) is 0 Å². The first-order valence-corrected chi connectivity index (χ1v) is 9.74. The van der Waals surface area contributed by atoms with E-state index in [2.05, 4.69) is 67.9 Å². The second kappa shape index (κ2) is 9.37. The molecule has 0 aromatic heterocycles. The van der Waals surface area contributed by atoms with Crippen molar-refractivity contribution in [2.75, 3.05) is 6.61 Å². The third kappa shape index (κ3) is 5.60. The third-order valence-electron chi connectivity index (χ3n) is 3.57. The molecule has 2 N–H and O–H groups in total. The Morgan fingerprint density at radius 2 is 1.86 bits per heavy atom. The van der Waals surface area contributed by atoms with Gasteiger partial charge in [-0.15, -0.1) is 0 Å². The monoisotopic (exact) mass is 377 g/mol. The molecule has 1 atom stereocenters. The van der Waals surface area contributed by atoms with Crippen LogP contribution in [0.4, 0.5) is 0 Å². The molecule has 22 heavy (non-hydrogen) atoms. The molecule has 1 aromatic carbocycles. The second-order valence-corrected chi connectivity index (χ2v) is 10.5. The number of allylic oxidation sites excluding steroid dienone is 1. The van der Waals surface area contributed by atoms with Gasteiger partial charge in [0.15, 0.2) is 0 Å². The van der Waals surface area contributed by atoms with Gasteiger partial charge in [0.05, 0.1) is 0 Å². The van der Waals surface area contributed by atoms with Gasteiger partial charge in [-0.05, 0) is 0 Å². The Morgan fingerprint density at radius 1 is 1.23 bits per heavy atom. The molecule has 0 bridgehead atoms. The molecule has 0 spiro atoms. The van der Waals surface area contributed by atoms with Gasteiger partial charge in [-0.2, -0.15) is 0 Å². The Bertz CT molecular complexity index is 550. The van der Waals surface area contributed by atoms with Gasteiger partial charge in [0.25, 0.3) is 0 Å². The molecule has 2 rings (SSSR count). The molecule has 0 radical (unpaired) electrons. The normalized spacial score (nSPS) is 16.4. The van der Waals surface area contributed by atoms with Crippen LogP contribution in [0.15, 0.2) is 30.3 Å². The first-order valence-electron chi connectivity index (χ1n) is 7.28. The molecule has 0 amide bonds. The van der Waals surface area contributed by atoms with Gasteiger partial charge in [0.2, 0.25) is 0 Å². The van der Waals surface area contributed by atoms with Crippen molar-refractivity contribution >= 4 is 9.89 Å². The van der Waals surface area contributed by atoms with Crippen LogP contribution >= 0.6 is 0 Å². The van der Waals surface area contributed by atoms with E-state index >= 15 is 0 Å². The molecule has 1 aliphatic rings. The number of fused-ring (bicyclic) bond motifs is 1. The summed E-state index contributed by atoms with van der Waals surface area (Å²) < 4.78 is 5.90. The Morgan fingerprint density at radius 3 is 2.45 bits per heavy atom. The Kier molecular flexibility index (Phi) is 9.39. The van der Waals surface area contributed by atoms with Crippen LogP contribution in [0.1, 0.15) is 49.5 Å². The standard InChI is InChI=1S/C9H7.C4H10N.C4H8O.2ClH.Ti/c1-2-5-9-7-3-6-8(9)4-1;1-4(2,3)5;1-2-3-4-5;;;/h1-7H;5H,1-3H3;5H,3-4H2,1H3;2*1H;/q;-1;;;;+3/p-2. The first-order chi connectivity index (χ1) is 9.42. The number of hydrogen-bond donors (Lipinski definition) is 2. The third-order valence-corrected chi connectivity index (χ3v) is 8.74. The van der Waals surface area contributed by atoms with Crippen molar-refractivity contribution in [1.29, 1.82) is 0 Å². The Hall–Kier alpha value is 0.0443. The predicted octanol–water partition coefficient (Wildman–Crippen LogP) is -2.74. The SMILES string of the molecule is C/[C](CCO)=[Ti+2](\[NH]C(C)(C)C)[CH]1C=Cc2ccccc21.[Cl-].[Cl-]. The largest absolute Gasteiger partial charge is 1.00 e. The number of nitrogens with one attached hydrogen (secondary N) is 1. The smallest absolute Gasteiger partial charge is 1.00 e. The van der Waals surface area contributed by atoms with E-state index in [1.54, 1.807) is 0 Å². The summed E-state index contributed by atoms with van der Waals surface area (Å²) in [6, 6.07) is 8.68. The summed E-state index contributed by atoms with van der Waals surface area (Å²) in [5.74, 6) is 0. The van der Waals surface area contributed by atoms with E-state index in [1.165, 1.54) is 14.9 Å². The van der Waals surface area contributed by atoms with Crippen molar-refractivity contribution in [2.24, 2.45) is 0 Å². The van der Waals surface area contributed by atoms with Gasteiger partial charge < -0.3 is 24.8 Å². The number of hydrogen-bond acceptors (Lipinski definition) is 2. The van der Waals surface area contributed by atoms with Gasteiger partial charge in [-0.25, -0.2) is 0 Å². The summed E-state index contributed by atoms with van der Waals surface area (Å²) in [7, 11) is 0. The van der Waals surface area contributed by atoms with Crippen LogP contribution < -0.4 is 28.6 Å². The van der Waals surface area contributed by atoms with Gasteiger partial charge in [-0.1, -0.05) is 0 Å². The Balaban J connectivity index is 0.00000220. The molecule has 122 valence electrons. The van der Waals surface area contributed by atoms with Gasteiger partial charge in [0, 0.05) is 0 Å². The minimum atomic E-state index is -1.66. The molecular weight excluding hydrogens is 353 g/mol. The van der Waals surface area contributed by atoms with Crippen LogP contribution in [0.25, 0.3) is 6.08 Å². The van der Waals surface area contributed by atoms with Crippen LogP contribution in [0.5, 0.6) is 0 Å². The number of aliphatic hydroxyl groups is 1. The van der Waals surface area contributed by atoms with Crippen molar-refractivity contribution in [1.82, 2.24) is 3.80 Å². The minimum Gasteiger partial charge on any atom is -1.00 e. The zero-order chi connectivity index (χ0) is 14.8. The number of aliphatic hydroxyl groups excluding tert-OH is 1. The molecule has 1 unspecified atom stereocenters.